The summed E-state index contributed by atoms with van der Waals surface area (Å²) in [6.45, 7) is 3.66. The molecule has 1 radical (unpaired) electrons. The zero-order valence-electron chi connectivity index (χ0n) is 11.3. The summed E-state index contributed by atoms with van der Waals surface area (Å²) in [5.41, 5.74) is 0. The monoisotopic (exact) mass is 282 g/mol. The first-order valence-electron chi connectivity index (χ1n) is 6.71. The molecule has 0 saturated carbocycles. The summed E-state index contributed by atoms with van der Waals surface area (Å²) in [6.07, 6.45) is 6.67. The topological polar surface area (TPSA) is 58.0 Å². The number of rotatable bonds is 5. The number of amides is 1. The molecule has 0 bridgehead atoms. The van der Waals surface area contributed by atoms with Crippen molar-refractivity contribution in [3.63, 3.8) is 0 Å². The molecule has 19 heavy (non-hydrogen) atoms. The highest BCUT2D eigenvalue weighted by Crippen LogP contribution is 2.19. The Bertz CT molecular complexity index is 427. The van der Waals surface area contributed by atoms with Crippen molar-refractivity contribution in [3.05, 3.63) is 23.4 Å². The number of quaternary nitrogens is 1. The van der Waals surface area contributed by atoms with E-state index in [1.54, 1.807) is 11.8 Å². The largest absolute Gasteiger partial charge is 0.625 e. The molecule has 0 aromatic carbocycles. The van der Waals surface area contributed by atoms with E-state index in [9.17, 15) is 10.0 Å². The first-order valence-corrected chi connectivity index (χ1v) is 7.86. The van der Waals surface area contributed by atoms with Crippen molar-refractivity contribution in [3.8, 4) is 0 Å². The zero-order chi connectivity index (χ0) is 13.7. The van der Waals surface area contributed by atoms with Crippen molar-refractivity contribution in [2.75, 3.05) is 24.6 Å². The van der Waals surface area contributed by atoms with Gasteiger partial charge in [0.2, 0.25) is 0 Å². The normalized spacial score (nSPS) is 18.4. The van der Waals surface area contributed by atoms with Gasteiger partial charge in [-0.15, -0.1) is 0 Å². The molecule has 1 fully saturated rings. The maximum atomic E-state index is 12.3. The highest BCUT2D eigenvalue weighted by atomic mass is 32.2. The Kier molecular flexibility index (Phi) is 5.01. The molecule has 1 aromatic heterocycles. The van der Waals surface area contributed by atoms with Crippen molar-refractivity contribution in [1.29, 1.82) is 0 Å². The van der Waals surface area contributed by atoms with Gasteiger partial charge in [-0.25, -0.2) is 9.78 Å². The molecule has 1 saturated heterocycles. The van der Waals surface area contributed by atoms with Crippen LogP contribution in [0.5, 0.6) is 0 Å². The van der Waals surface area contributed by atoms with E-state index in [1.807, 2.05) is 17.7 Å². The molecule has 2 rings (SSSR count). The van der Waals surface area contributed by atoms with Crippen LogP contribution in [-0.4, -0.2) is 44.7 Å². The Morgan fingerprint density at radius 2 is 2.26 bits per heavy atom. The number of thioether (sulfide) groups is 1. The summed E-state index contributed by atoms with van der Waals surface area (Å²) in [4.78, 5) is 16.0. The van der Waals surface area contributed by atoms with Crippen LogP contribution in [0.1, 0.15) is 25.1 Å². The summed E-state index contributed by atoms with van der Waals surface area (Å²) >= 11 is 1.76. The minimum Gasteiger partial charge on any atom is -0.625 e. The van der Waals surface area contributed by atoms with Gasteiger partial charge in [0.25, 0.3) is 0 Å². The number of carbonyl (C=O) groups excluding carboxylic acids is 1. The number of hydrogen-bond acceptors (Lipinski definition) is 4. The second-order valence-corrected chi connectivity index (χ2v) is 6.14. The highest BCUT2D eigenvalue weighted by molar-refractivity contribution is 7.99. The molecule has 5 nitrogen and oxygen atoms in total. The summed E-state index contributed by atoms with van der Waals surface area (Å²) in [5.74, 6) is 2.40. The fourth-order valence-electron chi connectivity index (χ4n) is 2.23. The molecule has 2 heterocycles. The number of imidazole rings is 1. The van der Waals surface area contributed by atoms with Gasteiger partial charge in [0.05, 0.1) is 19.5 Å². The van der Waals surface area contributed by atoms with Crippen LogP contribution in [0.3, 0.4) is 0 Å². The highest BCUT2D eigenvalue weighted by Gasteiger charge is 2.28. The van der Waals surface area contributed by atoms with Gasteiger partial charge in [0.1, 0.15) is 12.0 Å². The van der Waals surface area contributed by atoms with Crippen molar-refractivity contribution < 1.29 is 9.44 Å². The Labute approximate surface area is 118 Å². The van der Waals surface area contributed by atoms with E-state index in [0.29, 0.717) is 19.5 Å². The molecule has 0 N–H and O–H groups in total. The van der Waals surface area contributed by atoms with Crippen LogP contribution in [0.15, 0.2) is 6.20 Å². The second-order valence-electron chi connectivity index (χ2n) is 4.91. The van der Waals surface area contributed by atoms with Gasteiger partial charge in [-0.3, -0.25) is 4.65 Å². The maximum absolute atomic E-state index is 12.3. The van der Waals surface area contributed by atoms with Gasteiger partial charge in [-0.1, -0.05) is 0 Å². The summed E-state index contributed by atoms with van der Waals surface area (Å²) in [6, 6.07) is 0. The number of aromatic nitrogens is 2. The lowest BCUT2D eigenvalue weighted by Gasteiger charge is -2.42. The lowest BCUT2D eigenvalue weighted by Crippen LogP contribution is -2.52. The van der Waals surface area contributed by atoms with Crippen molar-refractivity contribution >= 4 is 17.7 Å². The minimum atomic E-state index is -0.606. The number of hydroxylamine groups is 3. The number of hydrogen-bond donors (Lipinski definition) is 0. The first-order chi connectivity index (χ1) is 9.12. The molecule has 1 amide bonds. The predicted octanol–water partition coefficient (Wildman–Crippen LogP) is 1.75. The molecule has 0 atom stereocenters. The summed E-state index contributed by atoms with van der Waals surface area (Å²) in [7, 11) is 0. The average Bonchev–Trinajstić information content (AvgIpc) is 2.81. The molecule has 6 heteroatoms. The molecule has 0 spiro atoms. The summed E-state index contributed by atoms with van der Waals surface area (Å²) in [5, 5.41) is 12.3. The van der Waals surface area contributed by atoms with Gasteiger partial charge in [-0.05, 0) is 19.8 Å². The predicted molar refractivity (Wildman–Crippen MR) is 75.3 cm³/mol. The van der Waals surface area contributed by atoms with Crippen molar-refractivity contribution in [2.24, 2.45) is 0 Å². The number of nitrogens with zero attached hydrogens (tertiary/aromatic N) is 3. The molecule has 1 aliphatic rings. The third kappa shape index (κ3) is 3.81. The molecule has 1 aliphatic heterocycles. The second kappa shape index (κ2) is 6.54. The van der Waals surface area contributed by atoms with Crippen LogP contribution < -0.4 is 0 Å². The quantitative estimate of drug-likeness (QED) is 0.469. The smallest absolute Gasteiger partial charge is 0.313 e. The average molecular weight is 282 g/mol. The van der Waals surface area contributed by atoms with E-state index >= 15 is 0 Å². The third-order valence-corrected chi connectivity index (χ3v) is 4.49. The van der Waals surface area contributed by atoms with Gasteiger partial charge < -0.3 is 9.77 Å². The van der Waals surface area contributed by atoms with E-state index in [0.717, 1.165) is 36.7 Å². The number of carbonyl (C=O) groups is 1. The third-order valence-electron chi connectivity index (χ3n) is 3.54. The van der Waals surface area contributed by atoms with E-state index < -0.39 is 4.65 Å². The fourth-order valence-corrected chi connectivity index (χ4v) is 3.28. The fraction of sp³-hybridized carbons (Fsp3) is 0.692. The zero-order valence-corrected chi connectivity index (χ0v) is 12.1. The number of unbranched alkanes of at least 4 members (excludes halogenated alkanes) is 1. The van der Waals surface area contributed by atoms with Crippen LogP contribution in [0.25, 0.3) is 0 Å². The van der Waals surface area contributed by atoms with E-state index in [-0.39, 0.29) is 5.91 Å². The number of aryl methyl sites for hydroxylation is 2. The van der Waals surface area contributed by atoms with Crippen LogP contribution in [0.2, 0.25) is 0 Å². The van der Waals surface area contributed by atoms with Crippen LogP contribution in [0, 0.1) is 18.3 Å². The van der Waals surface area contributed by atoms with Crippen LogP contribution in [-0.2, 0) is 11.3 Å². The van der Waals surface area contributed by atoms with Crippen molar-refractivity contribution in [2.45, 2.75) is 32.7 Å². The van der Waals surface area contributed by atoms with Crippen LogP contribution in [0.4, 0.5) is 0 Å². The molecule has 0 aliphatic carbocycles. The van der Waals surface area contributed by atoms with Crippen LogP contribution >= 0.6 is 11.8 Å². The van der Waals surface area contributed by atoms with Crippen molar-refractivity contribution in [1.82, 2.24) is 9.55 Å². The standard InChI is InChI=1S/C13H20N3O2S/c1-12-14-5-7-15(12)6-3-2-4-13(17)16(18)8-10-19-11-9-16/h7H,2-4,6,8-11H2,1H3. The molecule has 1 aromatic rings. The Hall–Kier alpha value is -0.850. The Balaban J connectivity index is 1.70. The Morgan fingerprint density at radius 1 is 1.53 bits per heavy atom. The van der Waals surface area contributed by atoms with Gasteiger partial charge in [0.15, 0.2) is 0 Å². The molecular weight excluding hydrogens is 262 g/mol. The van der Waals surface area contributed by atoms with E-state index in [2.05, 4.69) is 11.2 Å². The molecular formula is C13H20N3O2S. The molecule has 105 valence electrons. The van der Waals surface area contributed by atoms with E-state index in [1.165, 1.54) is 0 Å². The molecule has 0 unspecified atom stereocenters. The lowest BCUT2D eigenvalue weighted by molar-refractivity contribution is -0.800. The van der Waals surface area contributed by atoms with Gasteiger partial charge >= 0.3 is 5.91 Å². The van der Waals surface area contributed by atoms with E-state index in [4.69, 9.17) is 0 Å². The minimum absolute atomic E-state index is 0.144. The van der Waals surface area contributed by atoms with Gasteiger partial charge in [0, 0.05) is 24.2 Å². The maximum Gasteiger partial charge on any atom is 0.313 e. The first kappa shape index (κ1) is 14.6. The summed E-state index contributed by atoms with van der Waals surface area (Å²) < 4.78 is 1.41. The van der Waals surface area contributed by atoms with Gasteiger partial charge in [-0.2, -0.15) is 11.8 Å². The SMILES string of the molecule is Cc1n[c]cn1CCCCC(=O)[N+]1([O-])CCSCC1. The lowest BCUT2D eigenvalue weighted by atomic mass is 10.2. The Morgan fingerprint density at radius 3 is 2.89 bits per heavy atom.